The van der Waals surface area contributed by atoms with Crippen molar-refractivity contribution < 1.29 is 4.79 Å². The Bertz CT molecular complexity index is 1670. The lowest BCUT2D eigenvalue weighted by atomic mass is 10.1. The van der Waals surface area contributed by atoms with Gasteiger partial charge < -0.3 is 5.32 Å². The van der Waals surface area contributed by atoms with Gasteiger partial charge in [-0.2, -0.15) is 5.10 Å². The molecule has 5 aromatic rings. The number of hydrogen-bond acceptors (Lipinski definition) is 6. The van der Waals surface area contributed by atoms with Crippen LogP contribution < -0.4 is 16.6 Å². The third kappa shape index (κ3) is 3.56. The van der Waals surface area contributed by atoms with Crippen molar-refractivity contribution >= 4 is 22.6 Å². The summed E-state index contributed by atoms with van der Waals surface area (Å²) in [5.41, 5.74) is 1.22. The first-order valence-corrected chi connectivity index (χ1v) is 10.4. The van der Waals surface area contributed by atoms with Gasteiger partial charge in [-0.05, 0) is 24.3 Å². The Morgan fingerprint density at radius 3 is 2.41 bits per heavy atom. The van der Waals surface area contributed by atoms with Crippen LogP contribution in [0.15, 0.2) is 76.3 Å². The van der Waals surface area contributed by atoms with Crippen LogP contribution in [0.25, 0.3) is 33.8 Å². The van der Waals surface area contributed by atoms with Gasteiger partial charge in [-0.25, -0.2) is 14.8 Å². The van der Waals surface area contributed by atoms with E-state index < -0.39 is 17.2 Å². The van der Waals surface area contributed by atoms with Crippen molar-refractivity contribution in [3.8, 4) is 22.8 Å². The van der Waals surface area contributed by atoms with Crippen molar-refractivity contribution in [1.29, 1.82) is 0 Å². The fourth-order valence-electron chi connectivity index (χ4n) is 3.66. The number of pyridine rings is 1. The molecular formula is C24H19N7O3. The standard InChI is InChI=1S/C24H19N7O3/c1-30-21-16(23(33)31(2)24(30)34)12-13-18(25-21)22(32)26-17-11-7-6-10-15(17)20-27-19(28-29-20)14-8-4-3-5-9-14/h3-13H,1-2H3,(H,26,32)(H,27,28,29). The molecule has 2 N–H and O–H groups in total. The summed E-state index contributed by atoms with van der Waals surface area (Å²) in [7, 11) is 2.90. The van der Waals surface area contributed by atoms with Gasteiger partial charge >= 0.3 is 5.69 Å². The quantitative estimate of drug-likeness (QED) is 0.430. The van der Waals surface area contributed by atoms with Gasteiger partial charge in [0.15, 0.2) is 11.6 Å². The molecule has 34 heavy (non-hydrogen) atoms. The molecule has 0 aliphatic carbocycles. The van der Waals surface area contributed by atoms with Gasteiger partial charge in [0.2, 0.25) is 0 Å². The van der Waals surface area contributed by atoms with Gasteiger partial charge in [0.1, 0.15) is 11.3 Å². The molecule has 168 valence electrons. The Morgan fingerprint density at radius 1 is 0.882 bits per heavy atom. The summed E-state index contributed by atoms with van der Waals surface area (Å²) in [6, 6.07) is 19.7. The molecule has 0 radical (unpaired) electrons. The molecule has 0 aliphatic heterocycles. The Balaban J connectivity index is 1.49. The van der Waals surface area contributed by atoms with Crippen molar-refractivity contribution in [1.82, 2.24) is 29.3 Å². The molecular weight excluding hydrogens is 434 g/mol. The van der Waals surface area contributed by atoms with Crippen LogP contribution in [-0.4, -0.2) is 35.2 Å². The molecule has 0 spiro atoms. The van der Waals surface area contributed by atoms with E-state index in [9.17, 15) is 14.4 Å². The molecule has 0 fully saturated rings. The lowest BCUT2D eigenvalue weighted by Gasteiger charge is -2.10. The minimum Gasteiger partial charge on any atom is -0.320 e. The zero-order chi connectivity index (χ0) is 23.8. The van der Waals surface area contributed by atoms with Gasteiger partial charge in [-0.15, -0.1) is 0 Å². The lowest BCUT2D eigenvalue weighted by molar-refractivity contribution is 0.102. The molecule has 3 aromatic heterocycles. The SMILES string of the molecule is Cn1c(=O)c2ccc(C(=O)Nc3ccccc3-c3nc(-c4ccccc4)n[nH]3)nc2n(C)c1=O. The maximum absolute atomic E-state index is 13.0. The van der Waals surface area contributed by atoms with E-state index in [0.717, 1.165) is 10.1 Å². The van der Waals surface area contributed by atoms with Gasteiger partial charge in [-0.3, -0.25) is 23.8 Å². The number of benzene rings is 2. The van der Waals surface area contributed by atoms with E-state index in [2.05, 4.69) is 25.5 Å². The maximum Gasteiger partial charge on any atom is 0.332 e. The van der Waals surface area contributed by atoms with Crippen LogP contribution in [0.4, 0.5) is 5.69 Å². The summed E-state index contributed by atoms with van der Waals surface area (Å²) >= 11 is 0. The first-order chi connectivity index (χ1) is 16.4. The van der Waals surface area contributed by atoms with Gasteiger partial charge in [0, 0.05) is 25.2 Å². The number of nitrogens with one attached hydrogen (secondary N) is 2. The highest BCUT2D eigenvalue weighted by Crippen LogP contribution is 2.27. The molecule has 0 atom stereocenters. The Kier molecular flexibility index (Phi) is 5.09. The van der Waals surface area contributed by atoms with Gasteiger partial charge in [0.05, 0.1) is 11.1 Å². The van der Waals surface area contributed by atoms with Crippen LogP contribution in [0.1, 0.15) is 10.5 Å². The van der Waals surface area contributed by atoms with E-state index >= 15 is 0 Å². The van der Waals surface area contributed by atoms with Crippen molar-refractivity contribution in [3.63, 3.8) is 0 Å². The molecule has 5 rings (SSSR count). The maximum atomic E-state index is 13.0. The minimum absolute atomic E-state index is 0.0631. The minimum atomic E-state index is -0.521. The second kappa shape index (κ2) is 8.24. The summed E-state index contributed by atoms with van der Waals surface area (Å²) < 4.78 is 2.24. The van der Waals surface area contributed by atoms with Crippen molar-refractivity contribution in [2.24, 2.45) is 14.1 Å². The molecule has 10 heteroatoms. The summed E-state index contributed by atoms with van der Waals surface area (Å²) in [4.78, 5) is 46.5. The zero-order valence-corrected chi connectivity index (χ0v) is 18.3. The number of amides is 1. The largest absolute Gasteiger partial charge is 0.332 e. The number of nitrogens with zero attached hydrogens (tertiary/aromatic N) is 5. The van der Waals surface area contributed by atoms with Crippen molar-refractivity contribution in [2.45, 2.75) is 0 Å². The van der Waals surface area contributed by atoms with E-state index in [4.69, 9.17) is 0 Å². The smallest absolute Gasteiger partial charge is 0.320 e. The first-order valence-electron chi connectivity index (χ1n) is 10.4. The summed E-state index contributed by atoms with van der Waals surface area (Å²) in [5, 5.41) is 10.3. The summed E-state index contributed by atoms with van der Waals surface area (Å²) in [6.45, 7) is 0. The van der Waals surface area contributed by atoms with Crippen LogP contribution >= 0.6 is 0 Å². The first kappa shape index (κ1) is 21.0. The predicted octanol–water partition coefficient (Wildman–Crippen LogP) is 2.34. The number of para-hydroxylation sites is 1. The summed E-state index contributed by atoms with van der Waals surface area (Å²) in [5.74, 6) is 0.535. The summed E-state index contributed by atoms with van der Waals surface area (Å²) in [6.07, 6.45) is 0. The van der Waals surface area contributed by atoms with Crippen molar-refractivity contribution in [3.05, 3.63) is 93.3 Å². The predicted molar refractivity (Wildman–Crippen MR) is 127 cm³/mol. The topological polar surface area (TPSA) is 128 Å². The fraction of sp³-hybridized carbons (Fsp3) is 0.0833. The highest BCUT2D eigenvalue weighted by atomic mass is 16.2. The van der Waals surface area contributed by atoms with Crippen molar-refractivity contribution in [2.75, 3.05) is 5.32 Å². The molecule has 2 aromatic carbocycles. The van der Waals surface area contributed by atoms with Gasteiger partial charge in [0.25, 0.3) is 11.5 Å². The molecule has 0 saturated heterocycles. The zero-order valence-electron chi connectivity index (χ0n) is 18.3. The number of aromatic amines is 1. The number of anilines is 1. The fourth-order valence-corrected chi connectivity index (χ4v) is 3.66. The highest BCUT2D eigenvalue weighted by molar-refractivity contribution is 6.05. The molecule has 1 amide bonds. The second-order valence-corrected chi connectivity index (χ2v) is 7.65. The van der Waals surface area contributed by atoms with Crippen LogP contribution in [-0.2, 0) is 14.1 Å². The normalized spacial score (nSPS) is 11.0. The van der Waals surface area contributed by atoms with Crippen LogP contribution in [0.2, 0.25) is 0 Å². The monoisotopic (exact) mass is 453 g/mol. The number of fused-ring (bicyclic) bond motifs is 1. The van der Waals surface area contributed by atoms with E-state index in [1.165, 1.54) is 30.8 Å². The second-order valence-electron chi connectivity index (χ2n) is 7.65. The molecule has 0 bridgehead atoms. The van der Waals surface area contributed by atoms with E-state index in [1.54, 1.807) is 12.1 Å². The average molecular weight is 453 g/mol. The third-order valence-corrected chi connectivity index (χ3v) is 5.48. The number of H-pyrrole nitrogens is 1. The molecule has 0 unspecified atom stereocenters. The average Bonchev–Trinajstić information content (AvgIpc) is 3.37. The van der Waals surface area contributed by atoms with E-state index in [0.29, 0.717) is 22.9 Å². The lowest BCUT2D eigenvalue weighted by Crippen LogP contribution is -2.37. The number of aryl methyl sites for hydroxylation is 1. The number of carbonyl (C=O) groups is 1. The molecule has 0 aliphatic rings. The Hall–Kier alpha value is -4.86. The number of rotatable bonds is 4. The van der Waals surface area contributed by atoms with E-state index in [1.807, 2.05) is 42.5 Å². The third-order valence-electron chi connectivity index (χ3n) is 5.48. The van der Waals surface area contributed by atoms with Gasteiger partial charge in [-0.1, -0.05) is 42.5 Å². The number of aromatic nitrogens is 6. The molecule has 3 heterocycles. The van der Waals surface area contributed by atoms with Crippen LogP contribution in [0.3, 0.4) is 0 Å². The van der Waals surface area contributed by atoms with Crippen LogP contribution in [0.5, 0.6) is 0 Å². The molecule has 10 nitrogen and oxygen atoms in total. The molecule has 0 saturated carbocycles. The number of carbonyl (C=O) groups excluding carboxylic acids is 1. The highest BCUT2D eigenvalue weighted by Gasteiger charge is 2.17. The van der Waals surface area contributed by atoms with Crippen LogP contribution in [0, 0.1) is 0 Å². The Labute approximate surface area is 192 Å². The van der Waals surface area contributed by atoms with E-state index in [-0.39, 0.29) is 16.7 Å². The number of hydrogen-bond donors (Lipinski definition) is 2. The Morgan fingerprint density at radius 2 is 1.62 bits per heavy atom.